The summed E-state index contributed by atoms with van der Waals surface area (Å²) in [5, 5.41) is 0. The minimum atomic E-state index is -0.339. The van der Waals surface area contributed by atoms with Crippen molar-refractivity contribution in [3.63, 3.8) is 0 Å². The Balaban J connectivity index is 1.36. The van der Waals surface area contributed by atoms with Crippen molar-refractivity contribution in [2.75, 3.05) is 31.2 Å². The molecule has 2 heterocycles. The van der Waals surface area contributed by atoms with Gasteiger partial charge in [0, 0.05) is 31.4 Å². The van der Waals surface area contributed by atoms with E-state index in [1.807, 2.05) is 0 Å². The predicted octanol–water partition coefficient (Wildman–Crippen LogP) is 7.09. The fraction of sp³-hybridized carbons (Fsp3) is 0.774. The van der Waals surface area contributed by atoms with Gasteiger partial charge in [-0.3, -0.25) is 4.79 Å². The van der Waals surface area contributed by atoms with Gasteiger partial charge in [0.15, 0.2) is 0 Å². The van der Waals surface area contributed by atoms with Crippen LogP contribution in [0, 0.1) is 11.8 Å². The lowest BCUT2D eigenvalue weighted by atomic mass is 9.78. The number of benzene rings is 1. The van der Waals surface area contributed by atoms with Crippen molar-refractivity contribution in [2.24, 2.45) is 11.8 Å². The molecule has 1 aliphatic carbocycles. The topological polar surface area (TPSA) is 26.8 Å². The lowest BCUT2D eigenvalue weighted by Gasteiger charge is -2.47. The number of para-hydroxylation sites is 1. The summed E-state index contributed by atoms with van der Waals surface area (Å²) in [6.07, 6.45) is 16.5. The average molecular weight is 482 g/mol. The molecule has 4 rings (SSSR count). The van der Waals surface area contributed by atoms with E-state index < -0.39 is 0 Å². The van der Waals surface area contributed by atoms with Crippen LogP contribution in [0.5, 0.6) is 0 Å². The molecule has 3 fully saturated rings. The van der Waals surface area contributed by atoms with Crippen LogP contribution in [-0.4, -0.2) is 53.6 Å². The van der Waals surface area contributed by atoms with Gasteiger partial charge in [0.1, 0.15) is 5.54 Å². The third-order valence-electron chi connectivity index (χ3n) is 9.44. The van der Waals surface area contributed by atoms with Gasteiger partial charge in [-0.25, -0.2) is 0 Å². The first-order valence-corrected chi connectivity index (χ1v) is 14.9. The molecule has 1 aromatic carbocycles. The molecule has 1 spiro atoms. The molecular formula is C31H51N3O. The summed E-state index contributed by atoms with van der Waals surface area (Å²) in [6.45, 7) is 10.9. The van der Waals surface area contributed by atoms with Gasteiger partial charge in [0.25, 0.3) is 0 Å². The number of unbranched alkanes of at least 4 members (excludes halogenated alkanes) is 6. The van der Waals surface area contributed by atoms with Gasteiger partial charge in [0.05, 0.1) is 6.67 Å². The largest absolute Gasteiger partial charge is 0.339 e. The van der Waals surface area contributed by atoms with E-state index in [9.17, 15) is 4.79 Å². The number of anilines is 1. The zero-order chi connectivity index (χ0) is 24.7. The van der Waals surface area contributed by atoms with Crippen molar-refractivity contribution in [2.45, 2.75) is 116 Å². The van der Waals surface area contributed by atoms with E-state index in [0.29, 0.717) is 5.91 Å². The summed E-state index contributed by atoms with van der Waals surface area (Å²) < 4.78 is 0. The Morgan fingerprint density at radius 3 is 2.14 bits per heavy atom. The SMILES string of the molecule is CCCCCCCCCN1CN(c2ccccc2)C2(CCN([C@H]3CC[C@@H](C(C)C)CC3)CC2)C1=O. The van der Waals surface area contributed by atoms with Crippen molar-refractivity contribution >= 4 is 11.6 Å². The van der Waals surface area contributed by atoms with Crippen LogP contribution in [-0.2, 0) is 4.79 Å². The molecular weight excluding hydrogens is 430 g/mol. The molecule has 0 bridgehead atoms. The van der Waals surface area contributed by atoms with Crippen LogP contribution >= 0.6 is 0 Å². The fourth-order valence-corrected chi connectivity index (χ4v) is 7.03. The minimum Gasteiger partial charge on any atom is -0.339 e. The van der Waals surface area contributed by atoms with Gasteiger partial charge in [-0.05, 0) is 68.9 Å². The van der Waals surface area contributed by atoms with Crippen molar-refractivity contribution in [1.29, 1.82) is 0 Å². The van der Waals surface area contributed by atoms with E-state index >= 15 is 0 Å². The quantitative estimate of drug-likeness (QED) is 0.316. The molecule has 4 nitrogen and oxygen atoms in total. The normalized spacial score (nSPS) is 25.2. The number of piperidine rings is 1. The van der Waals surface area contributed by atoms with Crippen LogP contribution in [0.25, 0.3) is 0 Å². The van der Waals surface area contributed by atoms with Gasteiger partial charge in [-0.1, -0.05) is 77.5 Å². The first kappa shape index (κ1) is 26.5. The van der Waals surface area contributed by atoms with E-state index in [1.165, 1.54) is 69.9 Å². The van der Waals surface area contributed by atoms with Crippen LogP contribution in [0.1, 0.15) is 104 Å². The van der Waals surface area contributed by atoms with Crippen molar-refractivity contribution in [3.05, 3.63) is 30.3 Å². The molecule has 0 aromatic heterocycles. The summed E-state index contributed by atoms with van der Waals surface area (Å²) in [5.41, 5.74) is 0.877. The average Bonchev–Trinajstić information content (AvgIpc) is 3.15. The maximum absolute atomic E-state index is 13.9. The van der Waals surface area contributed by atoms with Gasteiger partial charge in [-0.15, -0.1) is 0 Å². The number of likely N-dealkylation sites (tertiary alicyclic amines) is 1. The van der Waals surface area contributed by atoms with Crippen LogP contribution in [0.3, 0.4) is 0 Å². The first-order chi connectivity index (χ1) is 17.0. The zero-order valence-corrected chi connectivity index (χ0v) is 22.9. The molecule has 0 atom stereocenters. The molecule has 2 aliphatic heterocycles. The highest BCUT2D eigenvalue weighted by atomic mass is 16.2. The number of carbonyl (C=O) groups excluding carboxylic acids is 1. The van der Waals surface area contributed by atoms with Crippen LogP contribution in [0.2, 0.25) is 0 Å². The molecule has 1 amide bonds. The number of hydrogen-bond donors (Lipinski definition) is 0. The lowest BCUT2D eigenvalue weighted by Crippen LogP contribution is -2.58. The molecule has 196 valence electrons. The maximum atomic E-state index is 13.9. The number of carbonyl (C=O) groups is 1. The summed E-state index contributed by atoms with van der Waals surface area (Å²) >= 11 is 0. The number of hydrogen-bond acceptors (Lipinski definition) is 3. The Morgan fingerprint density at radius 1 is 0.886 bits per heavy atom. The summed E-state index contributed by atoms with van der Waals surface area (Å²) in [5.74, 6) is 2.13. The highest BCUT2D eigenvalue weighted by Crippen LogP contribution is 2.41. The molecule has 3 aliphatic rings. The second-order valence-electron chi connectivity index (χ2n) is 12.0. The Bertz CT molecular complexity index is 763. The molecule has 1 saturated carbocycles. The van der Waals surface area contributed by atoms with Crippen molar-refractivity contribution in [3.8, 4) is 0 Å². The standard InChI is InChI=1S/C31H51N3O/c1-4-5-6-7-8-9-13-22-33-25-34(29-14-11-10-12-15-29)31(30(33)35)20-23-32(24-21-31)28-18-16-27(17-19-28)26(2)3/h10-12,14-15,26-28H,4-9,13,16-25H2,1-3H3/t27-,28+. The smallest absolute Gasteiger partial charge is 0.250 e. The third kappa shape index (κ3) is 6.24. The Morgan fingerprint density at radius 2 is 1.51 bits per heavy atom. The summed E-state index contributed by atoms with van der Waals surface area (Å²) in [4.78, 5) is 21.3. The van der Waals surface area contributed by atoms with Gasteiger partial charge in [-0.2, -0.15) is 0 Å². The monoisotopic (exact) mass is 481 g/mol. The number of amides is 1. The Labute approximate surface area is 215 Å². The zero-order valence-electron chi connectivity index (χ0n) is 22.9. The van der Waals surface area contributed by atoms with E-state index in [2.05, 4.69) is 65.8 Å². The van der Waals surface area contributed by atoms with E-state index in [-0.39, 0.29) is 5.54 Å². The minimum absolute atomic E-state index is 0.339. The van der Waals surface area contributed by atoms with Crippen molar-refractivity contribution < 1.29 is 4.79 Å². The molecule has 4 heteroatoms. The van der Waals surface area contributed by atoms with E-state index in [4.69, 9.17) is 0 Å². The van der Waals surface area contributed by atoms with Gasteiger partial charge in [0.2, 0.25) is 5.91 Å². The second kappa shape index (κ2) is 12.6. The van der Waals surface area contributed by atoms with E-state index in [0.717, 1.165) is 63.4 Å². The highest BCUT2D eigenvalue weighted by molar-refractivity contribution is 5.93. The molecule has 2 saturated heterocycles. The van der Waals surface area contributed by atoms with Crippen LogP contribution in [0.4, 0.5) is 5.69 Å². The molecule has 0 radical (unpaired) electrons. The summed E-state index contributed by atoms with van der Waals surface area (Å²) in [6, 6.07) is 11.5. The maximum Gasteiger partial charge on any atom is 0.250 e. The highest BCUT2D eigenvalue weighted by Gasteiger charge is 2.53. The predicted molar refractivity (Wildman–Crippen MR) is 148 cm³/mol. The number of nitrogens with zero attached hydrogens (tertiary/aromatic N) is 3. The Kier molecular flexibility index (Phi) is 9.55. The molecule has 1 aromatic rings. The third-order valence-corrected chi connectivity index (χ3v) is 9.44. The molecule has 0 N–H and O–H groups in total. The summed E-state index contributed by atoms with van der Waals surface area (Å²) in [7, 11) is 0. The van der Waals surface area contributed by atoms with Crippen LogP contribution in [0.15, 0.2) is 30.3 Å². The van der Waals surface area contributed by atoms with Gasteiger partial charge >= 0.3 is 0 Å². The lowest BCUT2D eigenvalue weighted by molar-refractivity contribution is -0.134. The van der Waals surface area contributed by atoms with Gasteiger partial charge < -0.3 is 14.7 Å². The molecule has 0 unspecified atom stereocenters. The number of rotatable bonds is 11. The fourth-order valence-electron chi connectivity index (χ4n) is 7.03. The molecule has 35 heavy (non-hydrogen) atoms. The van der Waals surface area contributed by atoms with Crippen LogP contribution < -0.4 is 4.90 Å². The Hall–Kier alpha value is -1.55. The van der Waals surface area contributed by atoms with E-state index in [1.54, 1.807) is 0 Å². The first-order valence-electron chi connectivity index (χ1n) is 14.9. The van der Waals surface area contributed by atoms with Crippen molar-refractivity contribution in [1.82, 2.24) is 9.80 Å². The second-order valence-corrected chi connectivity index (χ2v) is 12.0.